The van der Waals surface area contributed by atoms with Crippen molar-refractivity contribution in [2.24, 2.45) is 0 Å². The largest absolute Gasteiger partial charge is 0.383 e. The average Bonchev–Trinajstić information content (AvgIpc) is 3.53. The van der Waals surface area contributed by atoms with E-state index >= 15 is 0 Å². The third-order valence-electron chi connectivity index (χ3n) is 6.10. The zero-order valence-electron chi connectivity index (χ0n) is 17.6. The molecule has 2 fully saturated rings. The van der Waals surface area contributed by atoms with Crippen LogP contribution in [0.25, 0.3) is 0 Å². The van der Waals surface area contributed by atoms with E-state index in [4.69, 9.17) is 9.47 Å². The summed E-state index contributed by atoms with van der Waals surface area (Å²) in [5.74, 6) is 0.852. The lowest BCUT2D eigenvalue weighted by Crippen LogP contribution is -2.49. The minimum absolute atomic E-state index is 0.0166. The number of hydrogen-bond acceptors (Lipinski definition) is 7. The van der Waals surface area contributed by atoms with Gasteiger partial charge in [-0.05, 0) is 48.3 Å². The molecule has 0 N–H and O–H groups in total. The van der Waals surface area contributed by atoms with Crippen molar-refractivity contribution in [2.45, 2.75) is 38.0 Å². The van der Waals surface area contributed by atoms with E-state index < -0.39 is 0 Å². The van der Waals surface area contributed by atoms with Gasteiger partial charge in [0.2, 0.25) is 5.91 Å². The molecule has 1 aromatic carbocycles. The predicted molar refractivity (Wildman–Crippen MR) is 109 cm³/mol. The lowest BCUT2D eigenvalue weighted by Gasteiger charge is -2.37. The Balaban J connectivity index is 1.44. The van der Waals surface area contributed by atoms with Crippen LogP contribution in [0.1, 0.15) is 30.7 Å². The maximum absolute atomic E-state index is 12.9. The van der Waals surface area contributed by atoms with Gasteiger partial charge in [-0.2, -0.15) is 0 Å². The van der Waals surface area contributed by atoms with E-state index in [0.29, 0.717) is 32.8 Å². The first-order valence-electron chi connectivity index (χ1n) is 10.6. The normalized spacial score (nSPS) is 22.1. The first-order valence-corrected chi connectivity index (χ1v) is 10.6. The van der Waals surface area contributed by atoms with Crippen LogP contribution in [-0.2, 0) is 33.0 Å². The number of hydrogen-bond donors (Lipinski definition) is 0. The average molecular weight is 415 g/mol. The summed E-state index contributed by atoms with van der Waals surface area (Å²) in [4.78, 5) is 17.2. The van der Waals surface area contributed by atoms with Gasteiger partial charge < -0.3 is 14.4 Å². The number of methoxy groups -OCH3 is 1. The van der Waals surface area contributed by atoms with Crippen LogP contribution < -0.4 is 0 Å². The molecule has 30 heavy (non-hydrogen) atoms. The molecule has 0 saturated carbocycles. The van der Waals surface area contributed by atoms with E-state index in [1.165, 1.54) is 0 Å². The van der Waals surface area contributed by atoms with Crippen LogP contribution in [0.5, 0.6) is 0 Å². The Labute approximate surface area is 176 Å². The van der Waals surface area contributed by atoms with Crippen molar-refractivity contribution in [3.63, 3.8) is 0 Å². The van der Waals surface area contributed by atoms with Gasteiger partial charge in [0.25, 0.3) is 0 Å². The molecular formula is C21H30N6O3. The first kappa shape index (κ1) is 20.9. The molecule has 4 rings (SSSR count). The van der Waals surface area contributed by atoms with Crippen molar-refractivity contribution in [2.75, 3.05) is 46.5 Å². The fourth-order valence-corrected chi connectivity index (χ4v) is 4.52. The van der Waals surface area contributed by atoms with E-state index in [1.807, 2.05) is 39.9 Å². The number of tetrazole rings is 1. The van der Waals surface area contributed by atoms with Crippen LogP contribution in [0.4, 0.5) is 0 Å². The summed E-state index contributed by atoms with van der Waals surface area (Å²) in [5, 5.41) is 12.5. The van der Waals surface area contributed by atoms with Gasteiger partial charge in [0, 0.05) is 20.2 Å². The quantitative estimate of drug-likeness (QED) is 0.606. The predicted octanol–water partition coefficient (Wildman–Crippen LogP) is 1.06. The number of benzene rings is 1. The number of amides is 1. The minimum Gasteiger partial charge on any atom is -0.383 e. The third-order valence-corrected chi connectivity index (χ3v) is 6.10. The van der Waals surface area contributed by atoms with Crippen LogP contribution in [0, 0.1) is 0 Å². The molecule has 2 aromatic rings. The molecule has 0 bridgehead atoms. The van der Waals surface area contributed by atoms with Crippen molar-refractivity contribution in [1.29, 1.82) is 0 Å². The highest BCUT2D eigenvalue weighted by molar-refractivity contribution is 5.78. The second kappa shape index (κ2) is 9.63. The van der Waals surface area contributed by atoms with Gasteiger partial charge in [0.1, 0.15) is 12.1 Å². The number of carbonyl (C=O) groups excluding carboxylic acids is 1. The van der Waals surface area contributed by atoms with E-state index in [0.717, 1.165) is 43.7 Å². The van der Waals surface area contributed by atoms with E-state index in [-0.39, 0.29) is 18.1 Å². The Morgan fingerprint density at radius 3 is 2.73 bits per heavy atom. The summed E-state index contributed by atoms with van der Waals surface area (Å²) in [5.41, 5.74) is 0.721. The van der Waals surface area contributed by atoms with Gasteiger partial charge in [-0.25, -0.2) is 4.68 Å². The molecule has 1 aromatic heterocycles. The Bertz CT molecular complexity index is 823. The molecule has 0 radical (unpaired) electrons. The van der Waals surface area contributed by atoms with Crippen molar-refractivity contribution < 1.29 is 14.3 Å². The lowest BCUT2D eigenvalue weighted by atomic mass is 9.95. The Hall–Kier alpha value is -2.36. The SMILES string of the molecule is COCCn1nnnc1[C@]1(N2CCCC2)CCN(C(=O)COCc2ccccc2)C1. The molecular weight excluding hydrogens is 384 g/mol. The second-order valence-electron chi connectivity index (χ2n) is 7.99. The van der Waals surface area contributed by atoms with E-state index in [2.05, 4.69) is 20.4 Å². The summed E-state index contributed by atoms with van der Waals surface area (Å²) in [7, 11) is 1.67. The second-order valence-corrected chi connectivity index (χ2v) is 7.99. The lowest BCUT2D eigenvalue weighted by molar-refractivity contribution is -0.136. The minimum atomic E-state index is -0.344. The van der Waals surface area contributed by atoms with Gasteiger partial charge in [0.05, 0.1) is 19.8 Å². The maximum Gasteiger partial charge on any atom is 0.248 e. The standard InChI is InChI=1S/C21H30N6O3/c1-29-14-13-27-20(22-23-24-27)21(26-10-5-6-11-26)9-12-25(17-21)19(28)16-30-15-18-7-3-2-4-8-18/h2-4,7-8H,5-6,9-17H2,1H3/t21-/m0/s1. The van der Waals surface area contributed by atoms with Crippen molar-refractivity contribution in [3.05, 3.63) is 41.7 Å². The summed E-state index contributed by atoms with van der Waals surface area (Å²) < 4.78 is 12.7. The zero-order valence-corrected chi connectivity index (χ0v) is 17.6. The van der Waals surface area contributed by atoms with Crippen LogP contribution in [0.2, 0.25) is 0 Å². The molecule has 2 aliphatic heterocycles. The Morgan fingerprint density at radius 2 is 1.97 bits per heavy atom. The first-order chi connectivity index (χ1) is 14.7. The van der Waals surface area contributed by atoms with Crippen LogP contribution in [0.15, 0.2) is 30.3 Å². The highest BCUT2D eigenvalue weighted by Crippen LogP contribution is 2.39. The molecule has 0 aliphatic carbocycles. The van der Waals surface area contributed by atoms with Crippen LogP contribution >= 0.6 is 0 Å². The van der Waals surface area contributed by atoms with E-state index in [9.17, 15) is 4.79 Å². The fourth-order valence-electron chi connectivity index (χ4n) is 4.52. The van der Waals surface area contributed by atoms with Gasteiger partial charge >= 0.3 is 0 Å². The summed E-state index contributed by atoms with van der Waals surface area (Å²) in [6, 6.07) is 9.91. The smallest absolute Gasteiger partial charge is 0.248 e. The number of ether oxygens (including phenoxy) is 2. The van der Waals surface area contributed by atoms with Crippen molar-refractivity contribution >= 4 is 5.91 Å². The molecule has 0 spiro atoms. The molecule has 1 atom stereocenters. The van der Waals surface area contributed by atoms with Crippen LogP contribution in [0.3, 0.4) is 0 Å². The van der Waals surface area contributed by atoms with Crippen molar-refractivity contribution in [1.82, 2.24) is 30.0 Å². The van der Waals surface area contributed by atoms with Crippen LogP contribution in [-0.4, -0.2) is 82.4 Å². The van der Waals surface area contributed by atoms with Gasteiger partial charge in [-0.1, -0.05) is 30.3 Å². The number of carbonyl (C=O) groups is 1. The highest BCUT2D eigenvalue weighted by atomic mass is 16.5. The summed E-state index contributed by atoms with van der Waals surface area (Å²) >= 11 is 0. The number of aromatic nitrogens is 4. The molecule has 162 valence electrons. The number of nitrogens with zero attached hydrogens (tertiary/aromatic N) is 6. The van der Waals surface area contributed by atoms with Crippen molar-refractivity contribution in [3.8, 4) is 0 Å². The third kappa shape index (κ3) is 4.38. The molecule has 1 amide bonds. The molecule has 2 aliphatic rings. The number of rotatable bonds is 9. The topological polar surface area (TPSA) is 85.6 Å². The monoisotopic (exact) mass is 414 g/mol. The van der Waals surface area contributed by atoms with Gasteiger partial charge in [-0.3, -0.25) is 9.69 Å². The summed E-state index contributed by atoms with van der Waals surface area (Å²) in [6.45, 7) is 4.95. The van der Waals surface area contributed by atoms with Gasteiger partial charge in [-0.15, -0.1) is 5.10 Å². The maximum atomic E-state index is 12.9. The number of likely N-dealkylation sites (tertiary alicyclic amines) is 2. The van der Waals surface area contributed by atoms with E-state index in [1.54, 1.807) is 7.11 Å². The molecule has 9 nitrogen and oxygen atoms in total. The Kier molecular flexibility index (Phi) is 6.71. The molecule has 3 heterocycles. The fraction of sp³-hybridized carbons (Fsp3) is 0.619. The molecule has 2 saturated heterocycles. The zero-order chi connectivity index (χ0) is 20.8. The summed E-state index contributed by atoms with van der Waals surface area (Å²) in [6.07, 6.45) is 3.15. The Morgan fingerprint density at radius 1 is 1.17 bits per heavy atom. The molecule has 9 heteroatoms. The van der Waals surface area contributed by atoms with Gasteiger partial charge in [0.15, 0.2) is 5.82 Å². The molecule has 0 unspecified atom stereocenters. The highest BCUT2D eigenvalue weighted by Gasteiger charge is 2.50.